The van der Waals surface area contributed by atoms with E-state index in [4.69, 9.17) is 11.0 Å². The third kappa shape index (κ3) is 5.66. The van der Waals surface area contributed by atoms with Crippen molar-refractivity contribution in [3.8, 4) is 6.07 Å². The number of benzene rings is 2. The summed E-state index contributed by atoms with van der Waals surface area (Å²) in [5.74, 6) is -0.313. The van der Waals surface area contributed by atoms with E-state index >= 15 is 0 Å². The molecule has 0 aliphatic heterocycles. The maximum atomic E-state index is 13.5. The summed E-state index contributed by atoms with van der Waals surface area (Å²) in [4.78, 5) is 31.9. The fraction of sp³-hybridized carbons (Fsp3) is 0.259. The lowest BCUT2D eigenvalue weighted by Gasteiger charge is -2.36. The molecule has 1 aliphatic rings. The first-order chi connectivity index (χ1) is 16.5. The normalized spacial score (nSPS) is 17.4. The summed E-state index contributed by atoms with van der Waals surface area (Å²) >= 11 is 0. The molecule has 1 heterocycles. The van der Waals surface area contributed by atoms with Gasteiger partial charge in [-0.3, -0.25) is 14.6 Å². The first-order valence-electron chi connectivity index (χ1n) is 11.4. The van der Waals surface area contributed by atoms with E-state index in [1.807, 2.05) is 29.2 Å². The Kier molecular flexibility index (Phi) is 7.31. The van der Waals surface area contributed by atoms with Gasteiger partial charge in [0.2, 0.25) is 0 Å². The largest absolute Gasteiger partial charge is 0.331 e. The summed E-state index contributed by atoms with van der Waals surface area (Å²) in [7, 11) is 0. The highest BCUT2D eigenvalue weighted by Crippen LogP contribution is 2.26. The lowest BCUT2D eigenvalue weighted by molar-refractivity contribution is 0.0606. The standard InChI is InChI=1S/C27H27N5O2/c28-16-19-6-8-21(9-7-19)27(34)32(25-12-10-23(29)11-13-25)18-20-3-1-5-24(15-20)31-26(33)22-4-2-14-30-17-22/h1-9,14-15,17,23,25H,10-13,18,29H2,(H,31,33). The van der Waals surface area contributed by atoms with E-state index < -0.39 is 0 Å². The minimum Gasteiger partial charge on any atom is -0.331 e. The predicted octanol–water partition coefficient (Wildman–Crippen LogP) is 4.12. The number of rotatable bonds is 6. The van der Waals surface area contributed by atoms with E-state index in [0.29, 0.717) is 28.9 Å². The number of hydrogen-bond acceptors (Lipinski definition) is 5. The average Bonchev–Trinajstić information content (AvgIpc) is 2.88. The molecule has 7 nitrogen and oxygen atoms in total. The molecular formula is C27H27N5O2. The number of anilines is 1. The fourth-order valence-corrected chi connectivity index (χ4v) is 4.28. The van der Waals surface area contributed by atoms with Gasteiger partial charge in [-0.25, -0.2) is 0 Å². The summed E-state index contributed by atoms with van der Waals surface area (Å²) < 4.78 is 0. The third-order valence-corrected chi connectivity index (χ3v) is 6.17. The maximum Gasteiger partial charge on any atom is 0.257 e. The lowest BCUT2D eigenvalue weighted by Crippen LogP contribution is -2.43. The number of nitriles is 1. The van der Waals surface area contributed by atoms with Crippen LogP contribution in [0.25, 0.3) is 0 Å². The van der Waals surface area contributed by atoms with E-state index in [1.54, 1.807) is 42.6 Å². The summed E-state index contributed by atoms with van der Waals surface area (Å²) in [6.07, 6.45) is 6.59. The van der Waals surface area contributed by atoms with Crippen LogP contribution in [0, 0.1) is 11.3 Å². The highest BCUT2D eigenvalue weighted by atomic mass is 16.2. The summed E-state index contributed by atoms with van der Waals surface area (Å²) in [5.41, 5.74) is 9.22. The lowest BCUT2D eigenvalue weighted by atomic mass is 9.90. The third-order valence-electron chi connectivity index (χ3n) is 6.17. The molecule has 0 spiro atoms. The van der Waals surface area contributed by atoms with E-state index in [2.05, 4.69) is 16.4 Å². The van der Waals surface area contributed by atoms with Crippen molar-refractivity contribution in [2.75, 3.05) is 5.32 Å². The van der Waals surface area contributed by atoms with Crippen LogP contribution in [0.3, 0.4) is 0 Å². The minimum absolute atomic E-state index is 0.0743. The average molecular weight is 454 g/mol. The van der Waals surface area contributed by atoms with Crippen LogP contribution in [-0.2, 0) is 6.54 Å². The van der Waals surface area contributed by atoms with Gasteiger partial charge in [0, 0.05) is 42.3 Å². The second-order valence-corrected chi connectivity index (χ2v) is 8.59. The number of nitrogens with one attached hydrogen (secondary N) is 1. The van der Waals surface area contributed by atoms with E-state index in [0.717, 1.165) is 31.2 Å². The Morgan fingerprint density at radius 2 is 1.79 bits per heavy atom. The van der Waals surface area contributed by atoms with Gasteiger partial charge < -0.3 is 16.0 Å². The molecule has 7 heteroatoms. The van der Waals surface area contributed by atoms with Crippen LogP contribution >= 0.6 is 0 Å². The van der Waals surface area contributed by atoms with Crippen LogP contribution < -0.4 is 11.1 Å². The molecule has 1 fully saturated rings. The number of hydrogen-bond donors (Lipinski definition) is 2. The minimum atomic E-state index is -0.239. The van der Waals surface area contributed by atoms with Crippen molar-refractivity contribution in [1.82, 2.24) is 9.88 Å². The van der Waals surface area contributed by atoms with E-state index in [9.17, 15) is 9.59 Å². The molecule has 0 atom stereocenters. The summed E-state index contributed by atoms with van der Waals surface area (Å²) in [6.45, 7) is 0.412. The zero-order valence-electron chi connectivity index (χ0n) is 18.9. The Balaban J connectivity index is 1.55. The highest BCUT2D eigenvalue weighted by Gasteiger charge is 2.28. The zero-order valence-corrected chi connectivity index (χ0v) is 18.9. The van der Waals surface area contributed by atoms with Crippen molar-refractivity contribution in [3.63, 3.8) is 0 Å². The number of amides is 2. The van der Waals surface area contributed by atoms with Crippen LogP contribution in [0.15, 0.2) is 73.1 Å². The van der Waals surface area contributed by atoms with Gasteiger partial charge in [-0.05, 0) is 79.8 Å². The molecule has 3 N–H and O–H groups in total. The van der Waals surface area contributed by atoms with Crippen molar-refractivity contribution in [3.05, 3.63) is 95.3 Å². The van der Waals surface area contributed by atoms with Crippen molar-refractivity contribution in [2.24, 2.45) is 5.73 Å². The molecule has 1 aromatic heterocycles. The van der Waals surface area contributed by atoms with Crippen LogP contribution in [0.1, 0.15) is 57.5 Å². The molecule has 34 heavy (non-hydrogen) atoms. The van der Waals surface area contributed by atoms with Gasteiger partial charge in [-0.15, -0.1) is 0 Å². The molecule has 0 radical (unpaired) electrons. The van der Waals surface area contributed by atoms with Gasteiger partial charge in [0.05, 0.1) is 17.2 Å². The number of aromatic nitrogens is 1. The number of carbonyl (C=O) groups excluding carboxylic acids is 2. The van der Waals surface area contributed by atoms with Gasteiger partial charge in [0.1, 0.15) is 0 Å². The van der Waals surface area contributed by atoms with Crippen LogP contribution in [0.5, 0.6) is 0 Å². The highest BCUT2D eigenvalue weighted by molar-refractivity contribution is 6.04. The molecule has 0 saturated heterocycles. The van der Waals surface area contributed by atoms with Crippen molar-refractivity contribution in [2.45, 2.75) is 44.3 Å². The topological polar surface area (TPSA) is 112 Å². The molecule has 0 unspecified atom stereocenters. The molecule has 4 rings (SSSR count). The van der Waals surface area contributed by atoms with Gasteiger partial charge in [0.25, 0.3) is 11.8 Å². The van der Waals surface area contributed by atoms with E-state index in [1.165, 1.54) is 6.20 Å². The van der Waals surface area contributed by atoms with Gasteiger partial charge >= 0.3 is 0 Å². The Morgan fingerprint density at radius 3 is 2.47 bits per heavy atom. The van der Waals surface area contributed by atoms with Crippen LogP contribution in [0.4, 0.5) is 5.69 Å². The zero-order chi connectivity index (χ0) is 23.9. The first kappa shape index (κ1) is 23.1. The molecule has 172 valence electrons. The molecule has 2 amide bonds. The Hall–Kier alpha value is -4.02. The quantitative estimate of drug-likeness (QED) is 0.583. The molecule has 3 aromatic rings. The van der Waals surface area contributed by atoms with Crippen LogP contribution in [-0.4, -0.2) is 33.8 Å². The van der Waals surface area contributed by atoms with Crippen molar-refractivity contribution in [1.29, 1.82) is 5.26 Å². The number of carbonyl (C=O) groups is 2. The molecule has 2 aromatic carbocycles. The second kappa shape index (κ2) is 10.7. The number of pyridine rings is 1. The van der Waals surface area contributed by atoms with Crippen molar-refractivity contribution < 1.29 is 9.59 Å². The monoisotopic (exact) mass is 453 g/mol. The Bertz CT molecular complexity index is 1180. The maximum absolute atomic E-state index is 13.5. The smallest absolute Gasteiger partial charge is 0.257 e. The van der Waals surface area contributed by atoms with Crippen molar-refractivity contribution >= 4 is 17.5 Å². The Morgan fingerprint density at radius 1 is 1.03 bits per heavy atom. The van der Waals surface area contributed by atoms with Gasteiger partial charge in [-0.1, -0.05) is 12.1 Å². The van der Waals surface area contributed by atoms with Crippen LogP contribution in [0.2, 0.25) is 0 Å². The van der Waals surface area contributed by atoms with E-state index in [-0.39, 0.29) is 23.9 Å². The Labute approximate surface area is 199 Å². The SMILES string of the molecule is N#Cc1ccc(C(=O)N(Cc2cccc(NC(=O)c3cccnc3)c2)C2CCC(N)CC2)cc1. The predicted molar refractivity (Wildman–Crippen MR) is 130 cm³/mol. The molecular weight excluding hydrogens is 426 g/mol. The fourth-order valence-electron chi connectivity index (χ4n) is 4.28. The summed E-state index contributed by atoms with van der Waals surface area (Å²) in [5, 5.41) is 12.0. The first-order valence-corrected chi connectivity index (χ1v) is 11.4. The second-order valence-electron chi connectivity index (χ2n) is 8.59. The summed E-state index contributed by atoms with van der Waals surface area (Å²) in [6, 6.07) is 20.0. The number of nitrogens with zero attached hydrogens (tertiary/aromatic N) is 3. The van der Waals surface area contributed by atoms with Gasteiger partial charge in [0.15, 0.2) is 0 Å². The molecule has 1 aliphatic carbocycles. The van der Waals surface area contributed by atoms with Gasteiger partial charge in [-0.2, -0.15) is 5.26 Å². The number of nitrogens with two attached hydrogens (primary N) is 1. The molecule has 1 saturated carbocycles. The molecule has 0 bridgehead atoms.